The zero-order valence-electron chi connectivity index (χ0n) is 17.0. The van der Waals surface area contributed by atoms with Gasteiger partial charge in [-0.25, -0.2) is 14.6 Å². The van der Waals surface area contributed by atoms with Gasteiger partial charge in [0.25, 0.3) is 5.91 Å². The van der Waals surface area contributed by atoms with E-state index in [1.54, 1.807) is 28.9 Å². The number of nitrogens with zero attached hydrogens (tertiary/aromatic N) is 5. The molecule has 31 heavy (non-hydrogen) atoms. The van der Waals surface area contributed by atoms with Crippen LogP contribution in [0.1, 0.15) is 31.3 Å². The first-order valence-corrected chi connectivity index (χ1v) is 9.43. The number of carbonyl (C=O) groups is 1. The topological polar surface area (TPSA) is 104 Å². The second-order valence-electron chi connectivity index (χ2n) is 8.09. The first-order valence-electron chi connectivity index (χ1n) is 9.43. The number of para-hydroxylation sites is 1. The van der Waals surface area contributed by atoms with Crippen LogP contribution in [0.25, 0.3) is 27.8 Å². The van der Waals surface area contributed by atoms with E-state index >= 15 is 0 Å². The summed E-state index contributed by atoms with van der Waals surface area (Å²) in [6.45, 7) is 4.32. The van der Waals surface area contributed by atoms with Crippen LogP contribution in [0.4, 0.5) is 19.0 Å². The van der Waals surface area contributed by atoms with Crippen molar-refractivity contribution in [3.63, 3.8) is 0 Å². The highest BCUT2D eigenvalue weighted by Crippen LogP contribution is 2.32. The second-order valence-corrected chi connectivity index (χ2v) is 8.09. The zero-order valence-corrected chi connectivity index (χ0v) is 17.0. The fourth-order valence-electron chi connectivity index (χ4n) is 3.40. The summed E-state index contributed by atoms with van der Waals surface area (Å²) >= 11 is 0. The Kier molecular flexibility index (Phi) is 4.64. The van der Waals surface area contributed by atoms with E-state index in [9.17, 15) is 18.0 Å². The first-order chi connectivity index (χ1) is 14.5. The number of nitrogens with one attached hydrogen (secondary N) is 1. The first kappa shape index (κ1) is 20.6. The number of fused-ring (bicyclic) bond motifs is 2. The summed E-state index contributed by atoms with van der Waals surface area (Å²) in [5, 5.41) is 7.66. The quantitative estimate of drug-likeness (QED) is 0.518. The number of halogens is 3. The molecule has 0 atom stereocenters. The molecule has 0 aliphatic heterocycles. The van der Waals surface area contributed by atoms with Gasteiger partial charge >= 0.3 is 6.18 Å². The molecule has 1 amide bonds. The summed E-state index contributed by atoms with van der Waals surface area (Å²) in [5.41, 5.74) is 6.69. The minimum Gasteiger partial charge on any atom is -0.383 e. The largest absolute Gasteiger partial charge is 0.405 e. The Morgan fingerprint density at radius 3 is 2.55 bits per heavy atom. The van der Waals surface area contributed by atoms with Crippen LogP contribution >= 0.6 is 0 Å². The SMILES string of the molecule is CC(C)(C)n1nc(-n2c(C(=O)NCC(F)(F)F)cc3ccccc32)c2c(N)ncnc21. The molecular weight excluding hydrogens is 411 g/mol. The van der Waals surface area contributed by atoms with E-state index in [0.717, 1.165) is 0 Å². The predicted octanol–water partition coefficient (Wildman–Crippen LogP) is 3.40. The van der Waals surface area contributed by atoms with Gasteiger partial charge in [-0.15, -0.1) is 0 Å². The Morgan fingerprint density at radius 1 is 1.16 bits per heavy atom. The molecule has 0 bridgehead atoms. The highest BCUT2D eigenvalue weighted by atomic mass is 19.4. The van der Waals surface area contributed by atoms with E-state index in [4.69, 9.17) is 5.73 Å². The number of amides is 1. The zero-order chi connectivity index (χ0) is 22.6. The molecule has 1 aromatic carbocycles. The van der Waals surface area contributed by atoms with Crippen molar-refractivity contribution in [3.05, 3.63) is 42.4 Å². The molecule has 3 aromatic heterocycles. The number of hydrogen-bond donors (Lipinski definition) is 2. The molecule has 8 nitrogen and oxygen atoms in total. The maximum Gasteiger partial charge on any atom is 0.405 e. The van der Waals surface area contributed by atoms with Gasteiger partial charge in [0.2, 0.25) is 0 Å². The van der Waals surface area contributed by atoms with Gasteiger partial charge in [-0.05, 0) is 32.9 Å². The molecule has 4 rings (SSSR count). The number of anilines is 1. The third-order valence-corrected chi connectivity index (χ3v) is 4.72. The number of aromatic nitrogens is 5. The molecule has 0 spiro atoms. The van der Waals surface area contributed by atoms with Gasteiger partial charge in [0.05, 0.1) is 11.1 Å². The maximum atomic E-state index is 12.8. The summed E-state index contributed by atoms with van der Waals surface area (Å²) < 4.78 is 41.2. The van der Waals surface area contributed by atoms with Crippen molar-refractivity contribution in [2.24, 2.45) is 0 Å². The van der Waals surface area contributed by atoms with Crippen molar-refractivity contribution in [3.8, 4) is 5.82 Å². The molecule has 0 saturated carbocycles. The van der Waals surface area contributed by atoms with Crippen LogP contribution in [-0.2, 0) is 5.54 Å². The highest BCUT2D eigenvalue weighted by molar-refractivity contribution is 6.02. The maximum absolute atomic E-state index is 12.8. The van der Waals surface area contributed by atoms with E-state index in [0.29, 0.717) is 21.9 Å². The molecule has 3 N–H and O–H groups in total. The lowest BCUT2D eigenvalue weighted by atomic mass is 10.1. The summed E-state index contributed by atoms with van der Waals surface area (Å²) in [4.78, 5) is 21.1. The predicted molar refractivity (Wildman–Crippen MR) is 110 cm³/mol. The van der Waals surface area contributed by atoms with Crippen molar-refractivity contribution in [2.75, 3.05) is 12.3 Å². The van der Waals surface area contributed by atoms with Crippen molar-refractivity contribution >= 4 is 33.7 Å². The highest BCUT2D eigenvalue weighted by Gasteiger charge is 2.30. The smallest absolute Gasteiger partial charge is 0.383 e. The van der Waals surface area contributed by atoms with E-state index in [1.807, 2.05) is 26.1 Å². The minimum absolute atomic E-state index is 0.00541. The summed E-state index contributed by atoms with van der Waals surface area (Å²) in [5.74, 6) is -0.473. The van der Waals surface area contributed by atoms with Crippen LogP contribution in [0, 0.1) is 0 Å². The molecule has 3 heterocycles. The van der Waals surface area contributed by atoms with Gasteiger partial charge in [0, 0.05) is 5.39 Å². The summed E-state index contributed by atoms with van der Waals surface area (Å²) in [6, 6.07) is 8.56. The van der Waals surface area contributed by atoms with Crippen LogP contribution < -0.4 is 11.1 Å². The third-order valence-electron chi connectivity index (χ3n) is 4.72. The lowest BCUT2D eigenvalue weighted by molar-refractivity contribution is -0.123. The average molecular weight is 431 g/mol. The van der Waals surface area contributed by atoms with Gasteiger partial charge in [-0.2, -0.15) is 18.3 Å². The number of benzene rings is 1. The molecule has 0 fully saturated rings. The number of hydrogen-bond acceptors (Lipinski definition) is 5. The van der Waals surface area contributed by atoms with Crippen molar-refractivity contribution in [1.29, 1.82) is 0 Å². The van der Waals surface area contributed by atoms with Crippen LogP contribution in [0.3, 0.4) is 0 Å². The van der Waals surface area contributed by atoms with Gasteiger partial charge in [-0.1, -0.05) is 18.2 Å². The molecule has 0 radical (unpaired) electrons. The number of carbonyl (C=O) groups excluding carboxylic acids is 1. The number of alkyl halides is 3. The Labute approximate surface area is 174 Å². The van der Waals surface area contributed by atoms with Crippen LogP contribution in [-0.4, -0.2) is 42.9 Å². The monoisotopic (exact) mass is 431 g/mol. The Balaban J connectivity index is 2.01. The molecule has 4 aromatic rings. The molecule has 0 aliphatic carbocycles. The second kappa shape index (κ2) is 6.96. The fourth-order valence-corrected chi connectivity index (χ4v) is 3.40. The van der Waals surface area contributed by atoms with Crippen molar-refractivity contribution < 1.29 is 18.0 Å². The standard InChI is InChI=1S/C20H20F3N7O/c1-19(2,3)30-16-14(15(24)26-10-27-16)17(28-30)29-12-7-5-4-6-11(12)8-13(29)18(31)25-9-20(21,22)23/h4-8,10H,9H2,1-3H3,(H,25,31)(H2,24,26,27). The molecule has 0 aliphatic rings. The van der Waals surface area contributed by atoms with Gasteiger partial charge in [0.1, 0.15) is 29.8 Å². The lowest BCUT2D eigenvalue weighted by Gasteiger charge is -2.19. The van der Waals surface area contributed by atoms with E-state index in [1.165, 1.54) is 17.0 Å². The van der Waals surface area contributed by atoms with E-state index in [2.05, 4.69) is 15.1 Å². The van der Waals surface area contributed by atoms with Crippen molar-refractivity contribution in [1.82, 2.24) is 29.6 Å². The van der Waals surface area contributed by atoms with E-state index in [-0.39, 0.29) is 17.3 Å². The minimum atomic E-state index is -4.54. The Bertz CT molecular complexity index is 1300. The van der Waals surface area contributed by atoms with E-state index < -0.39 is 24.2 Å². The fraction of sp³-hybridized carbons (Fsp3) is 0.300. The number of nitrogen functional groups attached to an aromatic ring is 1. The number of rotatable bonds is 3. The van der Waals surface area contributed by atoms with Crippen LogP contribution in [0.2, 0.25) is 0 Å². The van der Waals surface area contributed by atoms with Crippen LogP contribution in [0.5, 0.6) is 0 Å². The van der Waals surface area contributed by atoms with Crippen LogP contribution in [0.15, 0.2) is 36.7 Å². The summed E-state index contributed by atoms with van der Waals surface area (Å²) in [7, 11) is 0. The van der Waals surface area contributed by atoms with Gasteiger partial charge < -0.3 is 11.1 Å². The molecule has 11 heteroatoms. The Hall–Kier alpha value is -3.63. The molecular formula is C20H20F3N7O. The third kappa shape index (κ3) is 3.66. The van der Waals surface area contributed by atoms with Crippen molar-refractivity contribution in [2.45, 2.75) is 32.5 Å². The normalized spacial score (nSPS) is 12.6. The van der Waals surface area contributed by atoms with Gasteiger partial charge in [0.15, 0.2) is 11.5 Å². The van der Waals surface area contributed by atoms with Gasteiger partial charge in [-0.3, -0.25) is 9.36 Å². The summed E-state index contributed by atoms with van der Waals surface area (Å²) in [6.07, 6.45) is -3.22. The number of nitrogens with two attached hydrogens (primary N) is 1. The molecule has 0 saturated heterocycles. The molecule has 162 valence electrons. The Morgan fingerprint density at radius 2 is 1.87 bits per heavy atom. The average Bonchev–Trinajstić information content (AvgIpc) is 3.24. The lowest BCUT2D eigenvalue weighted by Crippen LogP contribution is -2.34. The molecule has 0 unspecified atom stereocenters.